The maximum atomic E-state index is 11.7. The minimum atomic E-state index is -0.235. The zero-order chi connectivity index (χ0) is 21.8. The van der Waals surface area contributed by atoms with E-state index in [1.165, 1.54) is 4.88 Å². The summed E-state index contributed by atoms with van der Waals surface area (Å²) in [5.41, 5.74) is 6.49. The molecule has 3 aromatic rings. The molecule has 4 rings (SSSR count). The van der Waals surface area contributed by atoms with Crippen LogP contribution in [0, 0.1) is 5.92 Å². The number of carbonyl (C=O) groups excluding carboxylic acids is 1. The number of carbonyl (C=O) groups is 1. The largest absolute Gasteiger partial charge is 0.497 e. The Balaban J connectivity index is 1.73. The minimum Gasteiger partial charge on any atom is -0.497 e. The lowest BCUT2D eigenvalue weighted by Gasteiger charge is -2.36. The monoisotopic (exact) mass is 442 g/mol. The standard InChI is InChI=1S/C21H26N6O3S/c1-29-15-5-6-17(18(12-15)30-2)19(26-9-7-14(8-10-26)20(22)28)21-23-24-25-27(21)13-16-4-3-11-31-16/h3-6,11-12,14,19H,7-10,13H2,1-2H3,(H2,22,28)/t19-/m0/s1. The Labute approximate surface area is 184 Å². The summed E-state index contributed by atoms with van der Waals surface area (Å²) in [6.07, 6.45) is 1.41. The van der Waals surface area contributed by atoms with E-state index in [4.69, 9.17) is 15.2 Å². The number of tetrazole rings is 1. The molecule has 9 nitrogen and oxygen atoms in total. The van der Waals surface area contributed by atoms with Crippen molar-refractivity contribution < 1.29 is 14.3 Å². The summed E-state index contributed by atoms with van der Waals surface area (Å²) in [7, 11) is 3.27. The van der Waals surface area contributed by atoms with Crippen LogP contribution in [0.2, 0.25) is 0 Å². The van der Waals surface area contributed by atoms with Gasteiger partial charge in [0.1, 0.15) is 17.5 Å². The van der Waals surface area contributed by atoms with Crippen molar-refractivity contribution in [3.63, 3.8) is 0 Å². The first-order valence-corrected chi connectivity index (χ1v) is 11.0. The van der Waals surface area contributed by atoms with Crippen LogP contribution in [0.25, 0.3) is 0 Å². The summed E-state index contributed by atoms with van der Waals surface area (Å²) < 4.78 is 12.9. The van der Waals surface area contributed by atoms with Crippen LogP contribution in [0.4, 0.5) is 0 Å². The Bertz CT molecular complexity index is 1010. The highest BCUT2D eigenvalue weighted by Gasteiger charge is 2.34. The first-order chi connectivity index (χ1) is 15.1. The van der Waals surface area contributed by atoms with Crippen molar-refractivity contribution in [2.75, 3.05) is 27.3 Å². The van der Waals surface area contributed by atoms with Gasteiger partial charge in [-0.3, -0.25) is 9.69 Å². The SMILES string of the molecule is COc1ccc([C@@H](c2nnnn2Cc2cccs2)N2CCC(C(N)=O)CC2)c(OC)c1. The Morgan fingerprint density at radius 1 is 1.26 bits per heavy atom. The molecule has 1 aliphatic heterocycles. The second kappa shape index (κ2) is 9.44. The van der Waals surface area contributed by atoms with Crippen LogP contribution in [-0.4, -0.2) is 58.3 Å². The second-order valence-corrected chi connectivity index (χ2v) is 8.53. The molecule has 0 spiro atoms. The summed E-state index contributed by atoms with van der Waals surface area (Å²) in [5, 5.41) is 14.7. The Kier molecular flexibility index (Phi) is 6.47. The minimum absolute atomic E-state index is 0.100. The molecule has 0 bridgehead atoms. The van der Waals surface area contributed by atoms with Gasteiger partial charge in [-0.2, -0.15) is 0 Å². The number of thiophene rings is 1. The summed E-state index contributed by atoms with van der Waals surface area (Å²) in [4.78, 5) is 15.1. The first-order valence-electron chi connectivity index (χ1n) is 10.1. The number of nitrogens with zero attached hydrogens (tertiary/aromatic N) is 5. The molecular weight excluding hydrogens is 416 g/mol. The smallest absolute Gasteiger partial charge is 0.220 e. The van der Waals surface area contributed by atoms with E-state index in [2.05, 4.69) is 26.5 Å². The summed E-state index contributed by atoms with van der Waals surface area (Å²) in [6, 6.07) is 9.62. The van der Waals surface area contributed by atoms with E-state index in [1.807, 2.05) is 34.3 Å². The lowest BCUT2D eigenvalue weighted by Crippen LogP contribution is -2.41. The average Bonchev–Trinajstić information content (AvgIpc) is 3.47. The fourth-order valence-electron chi connectivity index (χ4n) is 4.06. The van der Waals surface area contributed by atoms with E-state index in [9.17, 15) is 4.79 Å². The fourth-order valence-corrected chi connectivity index (χ4v) is 4.74. The molecule has 1 amide bonds. The van der Waals surface area contributed by atoms with Gasteiger partial charge in [0.05, 0.1) is 20.8 Å². The van der Waals surface area contributed by atoms with Gasteiger partial charge in [0.25, 0.3) is 0 Å². The summed E-state index contributed by atoms with van der Waals surface area (Å²) >= 11 is 1.67. The molecule has 1 aliphatic rings. The van der Waals surface area contributed by atoms with Crippen molar-refractivity contribution in [3.8, 4) is 11.5 Å². The van der Waals surface area contributed by atoms with Crippen LogP contribution in [0.3, 0.4) is 0 Å². The third-order valence-electron chi connectivity index (χ3n) is 5.72. The molecular formula is C21H26N6O3S. The highest BCUT2D eigenvalue weighted by atomic mass is 32.1. The molecule has 0 unspecified atom stereocenters. The molecule has 2 aromatic heterocycles. The van der Waals surface area contributed by atoms with Gasteiger partial charge in [-0.25, -0.2) is 4.68 Å². The van der Waals surface area contributed by atoms with Gasteiger partial charge in [-0.15, -0.1) is 16.4 Å². The van der Waals surface area contributed by atoms with Crippen LogP contribution in [0.5, 0.6) is 11.5 Å². The van der Waals surface area contributed by atoms with Gasteiger partial charge < -0.3 is 15.2 Å². The Morgan fingerprint density at radius 3 is 2.71 bits per heavy atom. The number of rotatable bonds is 8. The van der Waals surface area contributed by atoms with Gasteiger partial charge in [0, 0.05) is 22.4 Å². The molecule has 1 atom stereocenters. The van der Waals surface area contributed by atoms with E-state index >= 15 is 0 Å². The number of nitrogens with two attached hydrogens (primary N) is 1. The van der Waals surface area contributed by atoms with Crippen molar-refractivity contribution >= 4 is 17.2 Å². The van der Waals surface area contributed by atoms with Crippen molar-refractivity contribution in [1.29, 1.82) is 0 Å². The molecule has 31 heavy (non-hydrogen) atoms. The maximum Gasteiger partial charge on any atom is 0.220 e. The predicted octanol–water partition coefficient (Wildman–Crippen LogP) is 2.09. The van der Waals surface area contributed by atoms with Gasteiger partial charge in [-0.05, 0) is 59.9 Å². The quantitative estimate of drug-likeness (QED) is 0.569. The van der Waals surface area contributed by atoms with Crippen LogP contribution in [-0.2, 0) is 11.3 Å². The Hall–Kier alpha value is -2.98. The first kappa shape index (κ1) is 21.3. The summed E-state index contributed by atoms with van der Waals surface area (Å²) in [6.45, 7) is 2.01. The van der Waals surface area contributed by atoms with Crippen LogP contribution in [0.15, 0.2) is 35.7 Å². The lowest BCUT2D eigenvalue weighted by atomic mass is 9.93. The maximum absolute atomic E-state index is 11.7. The van der Waals surface area contributed by atoms with Crippen LogP contribution < -0.4 is 15.2 Å². The molecule has 1 aromatic carbocycles. The van der Waals surface area contributed by atoms with Crippen LogP contribution in [0.1, 0.15) is 35.1 Å². The van der Waals surface area contributed by atoms with Crippen molar-refractivity contribution in [2.45, 2.75) is 25.4 Å². The average molecular weight is 443 g/mol. The molecule has 2 N–H and O–H groups in total. The molecule has 1 saturated heterocycles. The van der Waals surface area contributed by atoms with E-state index in [0.717, 1.165) is 11.4 Å². The number of benzene rings is 1. The van der Waals surface area contributed by atoms with Gasteiger partial charge in [0.15, 0.2) is 5.82 Å². The number of aromatic nitrogens is 4. The van der Waals surface area contributed by atoms with Gasteiger partial charge in [-0.1, -0.05) is 6.07 Å². The highest BCUT2D eigenvalue weighted by Crippen LogP contribution is 2.38. The lowest BCUT2D eigenvalue weighted by molar-refractivity contribution is -0.123. The number of hydrogen-bond acceptors (Lipinski definition) is 8. The number of piperidine rings is 1. The van der Waals surface area contributed by atoms with Gasteiger partial charge in [0.2, 0.25) is 5.91 Å². The Morgan fingerprint density at radius 2 is 2.06 bits per heavy atom. The molecule has 164 valence electrons. The number of primary amides is 1. The molecule has 3 heterocycles. The number of amides is 1. The van der Waals surface area contributed by atoms with E-state index < -0.39 is 0 Å². The fraction of sp³-hybridized carbons (Fsp3) is 0.429. The number of methoxy groups -OCH3 is 2. The molecule has 0 saturated carbocycles. The molecule has 10 heteroatoms. The predicted molar refractivity (Wildman–Crippen MR) is 116 cm³/mol. The third-order valence-corrected chi connectivity index (χ3v) is 6.58. The topological polar surface area (TPSA) is 108 Å². The van der Waals surface area contributed by atoms with Gasteiger partial charge >= 0.3 is 0 Å². The normalized spacial score (nSPS) is 16.2. The van der Waals surface area contributed by atoms with Crippen molar-refractivity contribution in [2.24, 2.45) is 11.7 Å². The zero-order valence-corrected chi connectivity index (χ0v) is 18.4. The molecule has 1 fully saturated rings. The number of ether oxygens (including phenoxy) is 2. The molecule has 0 aliphatic carbocycles. The van der Waals surface area contributed by atoms with Crippen molar-refractivity contribution in [3.05, 3.63) is 52.0 Å². The van der Waals surface area contributed by atoms with E-state index in [1.54, 1.807) is 25.6 Å². The number of hydrogen-bond donors (Lipinski definition) is 1. The molecule has 0 radical (unpaired) electrons. The third kappa shape index (κ3) is 4.54. The van der Waals surface area contributed by atoms with Crippen molar-refractivity contribution in [1.82, 2.24) is 25.1 Å². The summed E-state index contributed by atoms with van der Waals surface area (Å²) in [5.74, 6) is 1.81. The van der Waals surface area contributed by atoms with E-state index in [-0.39, 0.29) is 17.9 Å². The second-order valence-electron chi connectivity index (χ2n) is 7.50. The zero-order valence-electron chi connectivity index (χ0n) is 17.6. The number of likely N-dealkylation sites (tertiary alicyclic amines) is 1. The van der Waals surface area contributed by atoms with E-state index in [0.29, 0.717) is 44.0 Å². The van der Waals surface area contributed by atoms with Crippen LogP contribution >= 0.6 is 11.3 Å². The highest BCUT2D eigenvalue weighted by molar-refractivity contribution is 7.09.